The number of benzene rings is 1. The summed E-state index contributed by atoms with van der Waals surface area (Å²) in [6, 6.07) is 5.77. The monoisotopic (exact) mass is 301 g/mol. The highest BCUT2D eigenvalue weighted by molar-refractivity contribution is 6.33. The number of hydrogen-bond donors (Lipinski definition) is 5. The second-order valence-electron chi connectivity index (χ2n) is 3.13. The third kappa shape index (κ3) is 17.4. The average molecular weight is 301 g/mol. The van der Waals surface area contributed by atoms with E-state index in [1.165, 1.54) is 31.4 Å². The number of methoxy groups -OCH3 is 1. The first-order valence-electron chi connectivity index (χ1n) is 5.32. The highest BCUT2D eigenvalue weighted by Crippen LogP contribution is 2.17. The number of nitrogens with one attached hydrogen (secondary N) is 1. The molecule has 21 heavy (non-hydrogen) atoms. The number of carboxylic acids is 1. The van der Waals surface area contributed by atoms with E-state index in [1.807, 2.05) is 0 Å². The molecule has 0 saturated heterocycles. The summed E-state index contributed by atoms with van der Waals surface area (Å²) < 4.78 is 8.46. The quantitative estimate of drug-likeness (QED) is 0.287. The van der Waals surface area contributed by atoms with Crippen molar-refractivity contribution in [1.29, 1.82) is 5.41 Å². The maximum Gasteiger partial charge on any atom is 0.707 e. The molecule has 0 heterocycles. The zero-order chi connectivity index (χ0) is 16.8. The molecular weight excluding hydrogens is 285 g/mol. The van der Waals surface area contributed by atoms with E-state index in [0.717, 1.165) is 6.92 Å². The zero-order valence-corrected chi connectivity index (χ0v) is 11.4. The molecule has 5 N–H and O–H groups in total. The van der Waals surface area contributed by atoms with Gasteiger partial charge in [0.2, 0.25) is 0 Å². The Kier molecular flexibility index (Phi) is 12.3. The van der Waals surface area contributed by atoms with Crippen LogP contribution in [-0.4, -0.2) is 52.8 Å². The Balaban J connectivity index is 0. The predicted molar refractivity (Wildman–Crippen MR) is 73.0 cm³/mol. The molecular formula is C11H16BNO8. The van der Waals surface area contributed by atoms with E-state index >= 15 is 0 Å². The molecule has 1 aromatic rings. The standard InChI is InChI=1S/C6H7BO4.C3H5NO2.C2H4O2/c8-5-2-1-3-6(4-5)11-7(9)10;1-6-3(5)2-4;1-2(3)4/h1-4,8-10H;2,4H,1H3;1H3,(H,3,4). The molecule has 0 aliphatic rings. The van der Waals surface area contributed by atoms with Gasteiger partial charge in [0.1, 0.15) is 17.7 Å². The molecule has 0 spiro atoms. The van der Waals surface area contributed by atoms with E-state index in [2.05, 4.69) is 9.39 Å². The number of rotatable bonds is 3. The van der Waals surface area contributed by atoms with Crippen molar-refractivity contribution in [3.8, 4) is 11.5 Å². The minimum Gasteiger partial charge on any atom is -0.512 e. The SMILES string of the molecule is CC(=O)O.COC(=O)C=N.OB(O)Oc1cccc(O)c1. The normalized spacial score (nSPS) is 8.00. The molecule has 0 unspecified atom stereocenters. The molecule has 116 valence electrons. The molecule has 1 rings (SSSR count). The van der Waals surface area contributed by atoms with Gasteiger partial charge >= 0.3 is 13.3 Å². The Hall–Kier alpha value is -2.59. The fourth-order valence-corrected chi connectivity index (χ4v) is 0.737. The number of aliphatic carboxylic acids is 1. The zero-order valence-electron chi connectivity index (χ0n) is 11.4. The molecule has 0 radical (unpaired) electrons. The van der Waals surface area contributed by atoms with Gasteiger partial charge in [-0.3, -0.25) is 4.79 Å². The summed E-state index contributed by atoms with van der Waals surface area (Å²) >= 11 is 0. The van der Waals surface area contributed by atoms with E-state index in [9.17, 15) is 4.79 Å². The van der Waals surface area contributed by atoms with Crippen LogP contribution in [0.2, 0.25) is 0 Å². The highest BCUT2D eigenvalue weighted by atomic mass is 16.6. The summed E-state index contributed by atoms with van der Waals surface area (Å²) in [4.78, 5) is 18.7. The van der Waals surface area contributed by atoms with Gasteiger partial charge in [-0.05, 0) is 12.1 Å². The number of ether oxygens (including phenoxy) is 1. The Bertz CT molecular complexity index is 448. The lowest BCUT2D eigenvalue weighted by molar-refractivity contribution is -0.134. The van der Waals surface area contributed by atoms with Crippen molar-refractivity contribution in [2.45, 2.75) is 6.92 Å². The van der Waals surface area contributed by atoms with Crippen LogP contribution in [0.1, 0.15) is 6.92 Å². The Labute approximate surface area is 121 Å². The summed E-state index contributed by atoms with van der Waals surface area (Å²) in [5.74, 6) is -1.22. The Morgan fingerprint density at radius 1 is 1.33 bits per heavy atom. The number of carbonyl (C=O) groups excluding carboxylic acids is 1. The van der Waals surface area contributed by atoms with Crippen molar-refractivity contribution in [1.82, 2.24) is 0 Å². The second-order valence-corrected chi connectivity index (χ2v) is 3.13. The highest BCUT2D eigenvalue weighted by Gasteiger charge is 2.10. The summed E-state index contributed by atoms with van der Waals surface area (Å²) in [7, 11) is -0.621. The first-order valence-corrected chi connectivity index (χ1v) is 5.32. The van der Waals surface area contributed by atoms with Crippen molar-refractivity contribution in [2.75, 3.05) is 7.11 Å². The van der Waals surface area contributed by atoms with Gasteiger partial charge in [0.25, 0.3) is 5.97 Å². The molecule has 0 aromatic heterocycles. The predicted octanol–water partition coefficient (Wildman–Crippen LogP) is -0.360. The number of esters is 1. The van der Waals surface area contributed by atoms with E-state index in [0.29, 0.717) is 6.21 Å². The molecule has 0 saturated carbocycles. The second kappa shape index (κ2) is 12.4. The van der Waals surface area contributed by atoms with Crippen molar-refractivity contribution in [2.24, 2.45) is 0 Å². The van der Waals surface area contributed by atoms with Crippen molar-refractivity contribution in [3.63, 3.8) is 0 Å². The number of phenols is 1. The number of phenolic OH excluding ortho intramolecular Hbond substituents is 1. The lowest BCUT2D eigenvalue weighted by Crippen LogP contribution is -2.20. The first kappa shape index (κ1) is 20.7. The summed E-state index contributed by atoms with van der Waals surface area (Å²) in [5.41, 5.74) is 0. The summed E-state index contributed by atoms with van der Waals surface area (Å²) in [5, 5.41) is 39.2. The van der Waals surface area contributed by atoms with Gasteiger partial charge in [0.05, 0.1) is 7.11 Å². The average Bonchev–Trinajstić information content (AvgIpc) is 2.37. The van der Waals surface area contributed by atoms with E-state index < -0.39 is 19.3 Å². The van der Waals surface area contributed by atoms with Gasteiger partial charge < -0.3 is 35.1 Å². The first-order chi connectivity index (χ1) is 9.72. The third-order valence-corrected chi connectivity index (χ3v) is 1.38. The minimum absolute atomic E-state index is 0.0168. The minimum atomic E-state index is -1.85. The van der Waals surface area contributed by atoms with E-state index in [4.69, 9.17) is 30.5 Å². The number of carbonyl (C=O) groups is 2. The van der Waals surface area contributed by atoms with E-state index in [-0.39, 0.29) is 11.5 Å². The summed E-state index contributed by atoms with van der Waals surface area (Å²) in [6.45, 7) is 1.08. The van der Waals surface area contributed by atoms with Crippen LogP contribution in [-0.2, 0) is 14.3 Å². The fraction of sp³-hybridized carbons (Fsp3) is 0.182. The molecule has 0 bridgehead atoms. The Morgan fingerprint density at radius 2 is 1.86 bits per heavy atom. The van der Waals surface area contributed by atoms with Gasteiger partial charge in [-0.2, -0.15) is 0 Å². The maximum atomic E-state index is 9.72. The summed E-state index contributed by atoms with van der Waals surface area (Å²) in [6.07, 6.45) is 0.611. The number of carboxylic acid groups (broad SMARTS) is 1. The Morgan fingerprint density at radius 3 is 2.14 bits per heavy atom. The van der Waals surface area contributed by atoms with Crippen molar-refractivity contribution >= 4 is 25.5 Å². The smallest absolute Gasteiger partial charge is 0.512 e. The topological polar surface area (TPSA) is 157 Å². The molecule has 1 aromatic carbocycles. The van der Waals surface area contributed by atoms with Crippen LogP contribution in [0.15, 0.2) is 24.3 Å². The molecule has 0 aliphatic heterocycles. The van der Waals surface area contributed by atoms with Crippen molar-refractivity contribution < 1.29 is 39.2 Å². The van der Waals surface area contributed by atoms with E-state index in [1.54, 1.807) is 0 Å². The van der Waals surface area contributed by atoms with Crippen LogP contribution in [0, 0.1) is 5.41 Å². The van der Waals surface area contributed by atoms with Crippen LogP contribution in [0.5, 0.6) is 11.5 Å². The number of aromatic hydroxyl groups is 1. The lowest BCUT2D eigenvalue weighted by Gasteiger charge is -2.03. The molecule has 0 aliphatic carbocycles. The maximum absolute atomic E-state index is 9.72. The van der Waals surface area contributed by atoms with Crippen LogP contribution < -0.4 is 4.65 Å². The fourth-order valence-electron chi connectivity index (χ4n) is 0.737. The molecule has 9 nitrogen and oxygen atoms in total. The third-order valence-electron chi connectivity index (χ3n) is 1.38. The van der Waals surface area contributed by atoms with Crippen LogP contribution in [0.25, 0.3) is 0 Å². The molecule has 0 fully saturated rings. The van der Waals surface area contributed by atoms with Gasteiger partial charge in [0, 0.05) is 13.0 Å². The number of hydrogen-bond acceptors (Lipinski definition) is 8. The van der Waals surface area contributed by atoms with Crippen LogP contribution in [0.4, 0.5) is 0 Å². The molecule has 10 heteroatoms. The van der Waals surface area contributed by atoms with Crippen LogP contribution in [0.3, 0.4) is 0 Å². The molecule has 0 amide bonds. The largest absolute Gasteiger partial charge is 0.707 e. The van der Waals surface area contributed by atoms with Gasteiger partial charge in [-0.15, -0.1) is 0 Å². The van der Waals surface area contributed by atoms with Gasteiger partial charge in [-0.1, -0.05) is 6.07 Å². The van der Waals surface area contributed by atoms with Gasteiger partial charge in [0.15, 0.2) is 0 Å². The van der Waals surface area contributed by atoms with Crippen LogP contribution >= 0.6 is 0 Å². The van der Waals surface area contributed by atoms with Gasteiger partial charge in [-0.25, -0.2) is 4.79 Å². The lowest BCUT2D eigenvalue weighted by atomic mass is 10.2. The van der Waals surface area contributed by atoms with Crippen molar-refractivity contribution in [3.05, 3.63) is 24.3 Å². The molecule has 0 atom stereocenters.